The van der Waals surface area contributed by atoms with Crippen molar-refractivity contribution >= 4 is 35.3 Å². The lowest BCUT2D eigenvalue weighted by Gasteiger charge is -2.32. The monoisotopic (exact) mass is 397 g/mol. The Labute approximate surface area is 170 Å². The van der Waals surface area contributed by atoms with Gasteiger partial charge in [0, 0.05) is 35.9 Å². The summed E-state index contributed by atoms with van der Waals surface area (Å²) in [7, 11) is 0. The maximum atomic E-state index is 12.3. The highest BCUT2D eigenvalue weighted by molar-refractivity contribution is 6.31. The number of carbonyl (C=O) groups excluding carboxylic acids is 2. The van der Waals surface area contributed by atoms with Gasteiger partial charge in [0.2, 0.25) is 5.91 Å². The number of aryl methyl sites for hydroxylation is 1. The summed E-state index contributed by atoms with van der Waals surface area (Å²) in [5, 5.41) is 6.58. The fourth-order valence-corrected chi connectivity index (χ4v) is 3.27. The third-order valence-electron chi connectivity index (χ3n) is 4.78. The summed E-state index contributed by atoms with van der Waals surface area (Å²) in [5.74, 6) is -0.135. The molecule has 1 aliphatic heterocycles. The van der Waals surface area contributed by atoms with Crippen LogP contribution in [0.5, 0.6) is 0 Å². The van der Waals surface area contributed by atoms with Crippen LogP contribution in [0.4, 0.5) is 10.5 Å². The average molecular weight is 398 g/mol. The van der Waals surface area contributed by atoms with Crippen LogP contribution < -0.4 is 10.6 Å². The van der Waals surface area contributed by atoms with E-state index in [2.05, 4.69) is 10.6 Å². The third kappa shape index (κ3) is 5.60. The number of para-hydroxylation sites is 1. The molecule has 1 fully saturated rings. The summed E-state index contributed by atoms with van der Waals surface area (Å²) in [4.78, 5) is 26.3. The number of amides is 3. The second kappa shape index (κ2) is 9.42. The molecule has 146 valence electrons. The third-order valence-corrected chi connectivity index (χ3v) is 5.18. The summed E-state index contributed by atoms with van der Waals surface area (Å²) < 4.78 is 0. The highest BCUT2D eigenvalue weighted by Crippen LogP contribution is 2.17. The largest absolute Gasteiger partial charge is 0.350 e. The van der Waals surface area contributed by atoms with Crippen LogP contribution in [-0.4, -0.2) is 36.0 Å². The predicted molar refractivity (Wildman–Crippen MR) is 113 cm³/mol. The van der Waals surface area contributed by atoms with Gasteiger partial charge in [-0.25, -0.2) is 4.79 Å². The molecule has 3 amide bonds. The van der Waals surface area contributed by atoms with Crippen molar-refractivity contribution in [2.24, 2.45) is 0 Å². The fourth-order valence-electron chi connectivity index (χ4n) is 3.08. The van der Waals surface area contributed by atoms with Crippen molar-refractivity contribution in [2.45, 2.75) is 25.8 Å². The van der Waals surface area contributed by atoms with Crippen LogP contribution in [0.15, 0.2) is 54.6 Å². The van der Waals surface area contributed by atoms with Crippen LogP contribution in [0.1, 0.15) is 24.0 Å². The molecule has 1 aliphatic rings. The highest BCUT2D eigenvalue weighted by atomic mass is 35.5. The van der Waals surface area contributed by atoms with Crippen LogP contribution in [0.3, 0.4) is 0 Å². The zero-order chi connectivity index (χ0) is 19.9. The summed E-state index contributed by atoms with van der Waals surface area (Å²) in [6.07, 6.45) is 4.74. The second-order valence-corrected chi connectivity index (χ2v) is 7.32. The number of piperidine rings is 1. The molecule has 1 saturated heterocycles. The summed E-state index contributed by atoms with van der Waals surface area (Å²) >= 11 is 6.10. The Morgan fingerprint density at radius 1 is 1.11 bits per heavy atom. The lowest BCUT2D eigenvalue weighted by Crippen LogP contribution is -2.47. The number of nitrogens with one attached hydrogen (secondary N) is 2. The Morgan fingerprint density at radius 2 is 1.82 bits per heavy atom. The summed E-state index contributed by atoms with van der Waals surface area (Å²) in [6, 6.07) is 15.1. The fraction of sp³-hybridized carbons (Fsp3) is 0.273. The maximum Gasteiger partial charge on any atom is 0.321 e. The number of carbonyl (C=O) groups is 2. The number of benzene rings is 2. The van der Waals surface area contributed by atoms with E-state index < -0.39 is 0 Å². The normalized spacial score (nSPS) is 14.9. The van der Waals surface area contributed by atoms with Gasteiger partial charge in [0.05, 0.1) is 0 Å². The first kappa shape index (κ1) is 20.0. The van der Waals surface area contributed by atoms with Gasteiger partial charge in [0.15, 0.2) is 0 Å². The molecule has 28 heavy (non-hydrogen) atoms. The van der Waals surface area contributed by atoms with Crippen LogP contribution in [0, 0.1) is 6.92 Å². The topological polar surface area (TPSA) is 61.4 Å². The Kier molecular flexibility index (Phi) is 6.71. The molecular weight excluding hydrogens is 374 g/mol. The van der Waals surface area contributed by atoms with Crippen LogP contribution in [0.25, 0.3) is 6.08 Å². The van der Waals surface area contributed by atoms with Crippen molar-refractivity contribution in [2.75, 3.05) is 18.4 Å². The average Bonchev–Trinajstić information content (AvgIpc) is 2.70. The zero-order valence-electron chi connectivity index (χ0n) is 15.8. The Bertz CT molecular complexity index is 859. The maximum absolute atomic E-state index is 12.3. The van der Waals surface area contributed by atoms with E-state index in [0.29, 0.717) is 18.1 Å². The van der Waals surface area contributed by atoms with Crippen molar-refractivity contribution < 1.29 is 9.59 Å². The van der Waals surface area contributed by atoms with Gasteiger partial charge in [-0.2, -0.15) is 0 Å². The van der Waals surface area contributed by atoms with Gasteiger partial charge in [-0.3, -0.25) is 4.79 Å². The van der Waals surface area contributed by atoms with Gasteiger partial charge in [0.1, 0.15) is 0 Å². The van der Waals surface area contributed by atoms with Crippen molar-refractivity contribution in [3.8, 4) is 0 Å². The molecule has 0 unspecified atom stereocenters. The van der Waals surface area contributed by atoms with Crippen LogP contribution in [-0.2, 0) is 4.79 Å². The quantitative estimate of drug-likeness (QED) is 0.747. The molecule has 0 aliphatic carbocycles. The molecule has 0 aromatic heterocycles. The molecule has 0 bridgehead atoms. The van der Waals surface area contributed by atoms with Crippen molar-refractivity contribution in [3.63, 3.8) is 0 Å². The standard InChI is InChI=1S/C22H24ClN3O2/c1-16-7-8-17(15-20(16)23)9-10-21(27)24-19-11-13-26(14-12-19)22(28)25-18-5-3-2-4-6-18/h2-10,15,19H,11-14H2,1H3,(H,24,27)(H,25,28)/b10-9+. The zero-order valence-corrected chi connectivity index (χ0v) is 16.6. The summed E-state index contributed by atoms with van der Waals surface area (Å²) in [5.41, 5.74) is 2.67. The van der Waals surface area contributed by atoms with Gasteiger partial charge in [-0.05, 0) is 55.2 Å². The number of likely N-dealkylation sites (tertiary alicyclic amines) is 1. The van der Waals surface area contributed by atoms with E-state index in [1.54, 1.807) is 11.0 Å². The van der Waals surface area contributed by atoms with Crippen molar-refractivity contribution in [3.05, 3.63) is 70.8 Å². The van der Waals surface area contributed by atoms with E-state index in [-0.39, 0.29) is 18.0 Å². The predicted octanol–water partition coefficient (Wildman–Crippen LogP) is 4.47. The number of nitrogens with zero attached hydrogens (tertiary/aromatic N) is 1. The Balaban J connectivity index is 1.44. The van der Waals surface area contributed by atoms with Gasteiger partial charge < -0.3 is 15.5 Å². The molecule has 0 atom stereocenters. The number of rotatable bonds is 4. The Morgan fingerprint density at radius 3 is 2.50 bits per heavy atom. The van der Waals surface area contributed by atoms with Crippen molar-refractivity contribution in [1.82, 2.24) is 10.2 Å². The molecule has 2 aromatic rings. The number of halogens is 1. The minimum atomic E-state index is -0.135. The molecule has 6 heteroatoms. The molecule has 1 heterocycles. The van der Waals surface area contributed by atoms with Crippen LogP contribution in [0.2, 0.25) is 5.02 Å². The molecule has 2 aromatic carbocycles. The number of hydrogen-bond acceptors (Lipinski definition) is 2. The molecule has 0 radical (unpaired) electrons. The lowest BCUT2D eigenvalue weighted by atomic mass is 10.1. The number of urea groups is 1. The molecular formula is C22H24ClN3O2. The first-order valence-electron chi connectivity index (χ1n) is 9.37. The molecule has 3 rings (SSSR count). The lowest BCUT2D eigenvalue weighted by molar-refractivity contribution is -0.117. The van der Waals surface area contributed by atoms with Crippen molar-refractivity contribution in [1.29, 1.82) is 0 Å². The Hall–Kier alpha value is -2.79. The summed E-state index contributed by atoms with van der Waals surface area (Å²) in [6.45, 7) is 3.16. The highest BCUT2D eigenvalue weighted by Gasteiger charge is 2.23. The first-order chi connectivity index (χ1) is 13.5. The van der Waals surface area contributed by atoms with Gasteiger partial charge in [-0.1, -0.05) is 41.9 Å². The van der Waals surface area contributed by atoms with E-state index in [0.717, 1.165) is 29.7 Å². The van der Waals surface area contributed by atoms with Crippen LogP contribution >= 0.6 is 11.6 Å². The number of hydrogen-bond donors (Lipinski definition) is 2. The van der Waals surface area contributed by atoms with E-state index in [1.807, 2.05) is 55.5 Å². The first-order valence-corrected chi connectivity index (χ1v) is 9.75. The van der Waals surface area contributed by atoms with E-state index in [9.17, 15) is 9.59 Å². The van der Waals surface area contributed by atoms with Gasteiger partial charge in [-0.15, -0.1) is 0 Å². The second-order valence-electron chi connectivity index (χ2n) is 6.91. The minimum absolute atomic E-state index is 0.0690. The number of anilines is 1. The smallest absolute Gasteiger partial charge is 0.321 e. The van der Waals surface area contributed by atoms with E-state index in [1.165, 1.54) is 6.08 Å². The molecule has 0 spiro atoms. The van der Waals surface area contributed by atoms with Gasteiger partial charge in [0.25, 0.3) is 0 Å². The SMILES string of the molecule is Cc1ccc(/C=C/C(=O)NC2CCN(C(=O)Nc3ccccc3)CC2)cc1Cl. The van der Waals surface area contributed by atoms with Gasteiger partial charge >= 0.3 is 6.03 Å². The minimum Gasteiger partial charge on any atom is -0.350 e. The van der Waals surface area contributed by atoms with E-state index >= 15 is 0 Å². The molecule has 0 saturated carbocycles. The van der Waals surface area contributed by atoms with E-state index in [4.69, 9.17) is 11.6 Å². The molecule has 2 N–H and O–H groups in total. The molecule has 5 nitrogen and oxygen atoms in total.